The third kappa shape index (κ3) is 4.24. The molecule has 7 heteroatoms. The Balaban J connectivity index is 1.32. The summed E-state index contributed by atoms with van der Waals surface area (Å²) in [7, 11) is 0. The number of carbonyl (C=O) groups is 2. The number of allylic oxidation sites excluding steroid dienone is 1. The minimum Gasteiger partial charge on any atom is -0.339 e. The van der Waals surface area contributed by atoms with Gasteiger partial charge in [0.2, 0.25) is 5.91 Å². The van der Waals surface area contributed by atoms with Gasteiger partial charge in [0.15, 0.2) is 0 Å². The zero-order valence-electron chi connectivity index (χ0n) is 18.0. The van der Waals surface area contributed by atoms with Gasteiger partial charge in [0, 0.05) is 44.1 Å². The third-order valence-corrected chi connectivity index (χ3v) is 6.75. The van der Waals surface area contributed by atoms with E-state index < -0.39 is 6.17 Å². The molecule has 164 valence electrons. The van der Waals surface area contributed by atoms with Gasteiger partial charge in [-0.3, -0.25) is 14.5 Å². The molecule has 1 aromatic heterocycles. The highest BCUT2D eigenvalue weighted by atomic mass is 16.2. The van der Waals surface area contributed by atoms with Crippen LogP contribution in [0.2, 0.25) is 0 Å². The van der Waals surface area contributed by atoms with Crippen LogP contribution in [0.4, 0.5) is 5.82 Å². The highest BCUT2D eigenvalue weighted by molar-refractivity contribution is 5.94. The lowest BCUT2D eigenvalue weighted by atomic mass is 10.0. The second kappa shape index (κ2) is 8.46. The summed E-state index contributed by atoms with van der Waals surface area (Å²) in [4.78, 5) is 35.8. The standard InChI is InChI=1S/C24H31N5O2/c25-21-15-20(8-12-29(21)22(30)13-17-6-7-17)28-11-4-5-18-14-19(16-26-23(18)28)24(31)27-9-2-1-3-10-27/h8,12,14-17,21H,1-7,9-11,13,25H2. The lowest BCUT2D eigenvalue weighted by molar-refractivity contribution is -0.130. The average Bonchev–Trinajstić information content (AvgIpc) is 3.62. The van der Waals surface area contributed by atoms with Crippen LogP contribution in [0.3, 0.4) is 0 Å². The van der Waals surface area contributed by atoms with E-state index in [9.17, 15) is 9.59 Å². The topological polar surface area (TPSA) is 82.8 Å². The summed E-state index contributed by atoms with van der Waals surface area (Å²) in [6.45, 7) is 2.53. The van der Waals surface area contributed by atoms with Crippen molar-refractivity contribution in [2.75, 3.05) is 24.5 Å². The van der Waals surface area contributed by atoms with Crippen LogP contribution < -0.4 is 10.6 Å². The fourth-order valence-electron chi connectivity index (χ4n) is 4.78. The molecule has 0 aromatic carbocycles. The maximum atomic E-state index is 12.9. The summed E-state index contributed by atoms with van der Waals surface area (Å²) in [5.74, 6) is 1.62. The number of rotatable bonds is 4. The monoisotopic (exact) mass is 421 g/mol. The van der Waals surface area contributed by atoms with E-state index in [0.29, 0.717) is 17.9 Å². The van der Waals surface area contributed by atoms with Crippen LogP contribution in [0.25, 0.3) is 0 Å². The van der Waals surface area contributed by atoms with E-state index in [1.54, 1.807) is 11.1 Å². The molecule has 0 radical (unpaired) electrons. The molecule has 2 amide bonds. The second-order valence-corrected chi connectivity index (χ2v) is 9.16. The molecule has 0 bridgehead atoms. The maximum Gasteiger partial charge on any atom is 0.255 e. The van der Waals surface area contributed by atoms with Gasteiger partial charge in [-0.25, -0.2) is 4.98 Å². The number of piperidine rings is 1. The largest absolute Gasteiger partial charge is 0.339 e. The van der Waals surface area contributed by atoms with Crippen molar-refractivity contribution in [3.05, 3.63) is 47.4 Å². The Bertz CT molecular complexity index is 930. The van der Waals surface area contributed by atoms with Gasteiger partial charge in [0.1, 0.15) is 12.0 Å². The molecular formula is C24H31N5O2. The quantitative estimate of drug-likeness (QED) is 0.808. The number of aryl methyl sites for hydroxylation is 1. The molecule has 1 aliphatic carbocycles. The molecule has 1 aromatic rings. The lowest BCUT2D eigenvalue weighted by Gasteiger charge is -2.35. The molecule has 1 saturated heterocycles. The minimum atomic E-state index is -0.462. The highest BCUT2D eigenvalue weighted by Crippen LogP contribution is 2.34. The molecule has 4 heterocycles. The molecule has 2 fully saturated rings. The van der Waals surface area contributed by atoms with Gasteiger partial charge in [-0.1, -0.05) is 0 Å². The molecular weight excluding hydrogens is 390 g/mol. The van der Waals surface area contributed by atoms with Gasteiger partial charge in [0.25, 0.3) is 5.91 Å². The van der Waals surface area contributed by atoms with Crippen molar-refractivity contribution in [3.63, 3.8) is 0 Å². The number of carbonyl (C=O) groups excluding carboxylic acids is 2. The first kappa shape index (κ1) is 20.2. The van der Waals surface area contributed by atoms with Crippen LogP contribution in [-0.2, 0) is 11.2 Å². The molecule has 1 atom stereocenters. The smallest absolute Gasteiger partial charge is 0.255 e. The lowest BCUT2D eigenvalue weighted by Crippen LogP contribution is -2.44. The van der Waals surface area contributed by atoms with E-state index in [1.165, 1.54) is 6.42 Å². The molecule has 1 saturated carbocycles. The number of pyridine rings is 1. The van der Waals surface area contributed by atoms with Gasteiger partial charge < -0.3 is 15.5 Å². The zero-order chi connectivity index (χ0) is 21.4. The van der Waals surface area contributed by atoms with Gasteiger partial charge in [0.05, 0.1) is 5.56 Å². The first-order valence-corrected chi connectivity index (χ1v) is 11.6. The predicted molar refractivity (Wildman–Crippen MR) is 119 cm³/mol. The average molecular weight is 422 g/mol. The molecule has 5 rings (SSSR count). The van der Waals surface area contributed by atoms with E-state index in [1.807, 2.05) is 29.3 Å². The zero-order valence-corrected chi connectivity index (χ0v) is 18.0. The number of likely N-dealkylation sites (tertiary alicyclic amines) is 1. The Morgan fingerprint density at radius 3 is 2.65 bits per heavy atom. The Morgan fingerprint density at radius 2 is 1.90 bits per heavy atom. The molecule has 2 N–H and O–H groups in total. The summed E-state index contributed by atoms with van der Waals surface area (Å²) >= 11 is 0. The summed E-state index contributed by atoms with van der Waals surface area (Å²) in [5.41, 5.74) is 9.07. The van der Waals surface area contributed by atoms with Gasteiger partial charge in [-0.2, -0.15) is 0 Å². The third-order valence-electron chi connectivity index (χ3n) is 6.75. The fourth-order valence-corrected chi connectivity index (χ4v) is 4.78. The molecule has 31 heavy (non-hydrogen) atoms. The van der Waals surface area contributed by atoms with Crippen molar-refractivity contribution in [1.29, 1.82) is 0 Å². The predicted octanol–water partition coefficient (Wildman–Crippen LogP) is 2.79. The summed E-state index contributed by atoms with van der Waals surface area (Å²) in [6.07, 6.45) is 15.1. The minimum absolute atomic E-state index is 0.0933. The van der Waals surface area contributed by atoms with E-state index >= 15 is 0 Å². The van der Waals surface area contributed by atoms with Crippen molar-refractivity contribution >= 4 is 17.6 Å². The van der Waals surface area contributed by atoms with Crippen LogP contribution in [0.15, 0.2) is 36.3 Å². The van der Waals surface area contributed by atoms with Crippen molar-refractivity contribution in [3.8, 4) is 0 Å². The fraction of sp³-hybridized carbons (Fsp3) is 0.542. The van der Waals surface area contributed by atoms with Crippen molar-refractivity contribution in [2.24, 2.45) is 11.7 Å². The molecule has 4 aliphatic rings. The number of fused-ring (bicyclic) bond motifs is 1. The second-order valence-electron chi connectivity index (χ2n) is 9.16. The molecule has 0 spiro atoms. The first-order valence-electron chi connectivity index (χ1n) is 11.6. The van der Waals surface area contributed by atoms with Crippen molar-refractivity contribution in [1.82, 2.24) is 14.8 Å². The Kier molecular flexibility index (Phi) is 5.52. The number of anilines is 1. The van der Waals surface area contributed by atoms with E-state index in [4.69, 9.17) is 10.7 Å². The molecule has 7 nitrogen and oxygen atoms in total. The van der Waals surface area contributed by atoms with Crippen LogP contribution >= 0.6 is 0 Å². The van der Waals surface area contributed by atoms with Gasteiger partial charge >= 0.3 is 0 Å². The molecule has 3 aliphatic heterocycles. The highest BCUT2D eigenvalue weighted by Gasteiger charge is 2.30. The normalized spacial score (nSPS) is 23.5. The van der Waals surface area contributed by atoms with Gasteiger partial charge in [-0.05, 0) is 74.6 Å². The number of amides is 2. The number of hydrogen-bond acceptors (Lipinski definition) is 5. The summed E-state index contributed by atoms with van der Waals surface area (Å²) in [6, 6.07) is 2.02. The van der Waals surface area contributed by atoms with Crippen molar-refractivity contribution in [2.45, 2.75) is 57.5 Å². The SMILES string of the molecule is NC1C=C(N2CCCc3cc(C(=O)N4CCCCC4)cnc32)C=CN1C(=O)CC1CC1. The molecule has 1 unspecified atom stereocenters. The Hall–Kier alpha value is -2.67. The number of nitrogens with two attached hydrogens (primary N) is 1. The van der Waals surface area contributed by atoms with Crippen LogP contribution in [0, 0.1) is 5.92 Å². The summed E-state index contributed by atoms with van der Waals surface area (Å²) in [5, 5.41) is 0. The number of nitrogens with zero attached hydrogens (tertiary/aromatic N) is 4. The van der Waals surface area contributed by atoms with Crippen LogP contribution in [0.1, 0.15) is 60.9 Å². The van der Waals surface area contributed by atoms with E-state index in [2.05, 4.69) is 4.90 Å². The van der Waals surface area contributed by atoms with Gasteiger partial charge in [-0.15, -0.1) is 0 Å². The maximum absolute atomic E-state index is 12.9. The first-order chi connectivity index (χ1) is 15.1. The number of hydrogen-bond donors (Lipinski definition) is 1. The van der Waals surface area contributed by atoms with Crippen molar-refractivity contribution < 1.29 is 9.59 Å². The van der Waals surface area contributed by atoms with Crippen LogP contribution in [-0.4, -0.2) is 52.4 Å². The Labute approximate surface area is 183 Å². The number of aromatic nitrogens is 1. The Morgan fingerprint density at radius 1 is 1.10 bits per heavy atom. The van der Waals surface area contributed by atoms with E-state index in [-0.39, 0.29) is 11.8 Å². The van der Waals surface area contributed by atoms with Crippen LogP contribution in [0.5, 0.6) is 0 Å². The van der Waals surface area contributed by atoms with E-state index in [0.717, 1.165) is 75.2 Å². The summed E-state index contributed by atoms with van der Waals surface area (Å²) < 4.78 is 0.